The van der Waals surface area contributed by atoms with Gasteiger partial charge in [-0.15, -0.1) is 11.8 Å². The second-order valence-electron chi connectivity index (χ2n) is 3.64. The maximum Gasteiger partial charge on any atom is 0.270 e. The van der Waals surface area contributed by atoms with Gasteiger partial charge in [-0.05, 0) is 18.4 Å². The second kappa shape index (κ2) is 5.59. The van der Waals surface area contributed by atoms with E-state index in [9.17, 15) is 4.79 Å². The van der Waals surface area contributed by atoms with E-state index in [4.69, 9.17) is 10.00 Å². The minimum atomic E-state index is -0.431. The van der Waals surface area contributed by atoms with Crippen molar-refractivity contribution in [3.63, 3.8) is 0 Å². The van der Waals surface area contributed by atoms with Gasteiger partial charge in [-0.1, -0.05) is 12.1 Å². The van der Waals surface area contributed by atoms with Gasteiger partial charge in [0.1, 0.15) is 28.2 Å². The standard InChI is InChI=1S/C13H11N3O2S/c1-18-9-5-3-4-8(6-9)11-15-12(17)10(7-14)13(16-11)19-2/h3-6H,1-2H3,(H,15,16,17). The van der Waals surface area contributed by atoms with Gasteiger partial charge in [0.05, 0.1) is 7.11 Å². The molecule has 1 heterocycles. The molecule has 19 heavy (non-hydrogen) atoms. The molecule has 0 saturated heterocycles. The summed E-state index contributed by atoms with van der Waals surface area (Å²) < 4.78 is 5.13. The van der Waals surface area contributed by atoms with Gasteiger partial charge in [0.15, 0.2) is 0 Å². The van der Waals surface area contributed by atoms with Gasteiger partial charge in [-0.2, -0.15) is 5.26 Å². The number of benzene rings is 1. The molecule has 0 aliphatic heterocycles. The molecule has 1 aromatic heterocycles. The third-order valence-electron chi connectivity index (χ3n) is 2.53. The highest BCUT2D eigenvalue weighted by atomic mass is 32.2. The average Bonchev–Trinajstić information content (AvgIpc) is 2.46. The van der Waals surface area contributed by atoms with E-state index in [0.29, 0.717) is 16.6 Å². The number of rotatable bonds is 3. The largest absolute Gasteiger partial charge is 0.497 e. The number of nitrogens with zero attached hydrogens (tertiary/aromatic N) is 2. The first kappa shape index (κ1) is 13.2. The highest BCUT2D eigenvalue weighted by molar-refractivity contribution is 7.98. The van der Waals surface area contributed by atoms with Crippen molar-refractivity contribution in [3.8, 4) is 23.2 Å². The Morgan fingerprint density at radius 2 is 2.26 bits per heavy atom. The van der Waals surface area contributed by atoms with Crippen molar-refractivity contribution in [1.29, 1.82) is 5.26 Å². The molecular weight excluding hydrogens is 262 g/mol. The quantitative estimate of drug-likeness (QED) is 0.684. The minimum Gasteiger partial charge on any atom is -0.497 e. The molecular formula is C13H11N3O2S. The van der Waals surface area contributed by atoms with Crippen molar-refractivity contribution < 1.29 is 4.74 Å². The summed E-state index contributed by atoms with van der Waals surface area (Å²) in [7, 11) is 1.57. The fourth-order valence-corrected chi connectivity index (χ4v) is 2.13. The molecule has 2 rings (SSSR count). The molecule has 0 spiro atoms. The van der Waals surface area contributed by atoms with Crippen molar-refractivity contribution in [3.05, 3.63) is 40.2 Å². The van der Waals surface area contributed by atoms with Crippen LogP contribution in [0.1, 0.15) is 5.56 Å². The molecule has 1 aromatic carbocycles. The van der Waals surface area contributed by atoms with Gasteiger partial charge in [0.25, 0.3) is 5.56 Å². The summed E-state index contributed by atoms with van der Waals surface area (Å²) in [5.74, 6) is 1.10. The zero-order valence-electron chi connectivity index (χ0n) is 10.4. The summed E-state index contributed by atoms with van der Waals surface area (Å²) in [5.41, 5.74) is 0.343. The molecule has 0 aliphatic carbocycles. The van der Waals surface area contributed by atoms with Crippen LogP contribution < -0.4 is 10.3 Å². The number of H-pyrrole nitrogens is 1. The SMILES string of the molecule is COc1cccc(-c2nc(SC)c(C#N)c(=O)[nH]2)c1. The van der Waals surface area contributed by atoms with E-state index in [1.54, 1.807) is 25.5 Å². The third-order valence-corrected chi connectivity index (χ3v) is 3.22. The lowest BCUT2D eigenvalue weighted by Gasteiger charge is -2.06. The third kappa shape index (κ3) is 2.61. The van der Waals surface area contributed by atoms with E-state index in [1.165, 1.54) is 11.8 Å². The zero-order chi connectivity index (χ0) is 13.8. The van der Waals surface area contributed by atoms with Gasteiger partial charge >= 0.3 is 0 Å². The number of hydrogen-bond donors (Lipinski definition) is 1. The first-order chi connectivity index (χ1) is 9.19. The topological polar surface area (TPSA) is 78.8 Å². The summed E-state index contributed by atoms with van der Waals surface area (Å²) >= 11 is 1.27. The highest BCUT2D eigenvalue weighted by Crippen LogP contribution is 2.22. The molecule has 0 bridgehead atoms. The van der Waals surface area contributed by atoms with Gasteiger partial charge in [0, 0.05) is 5.56 Å². The molecule has 6 heteroatoms. The van der Waals surface area contributed by atoms with Crippen LogP contribution in [-0.4, -0.2) is 23.3 Å². The molecule has 5 nitrogen and oxygen atoms in total. The van der Waals surface area contributed by atoms with Crippen LogP contribution in [0.2, 0.25) is 0 Å². The van der Waals surface area contributed by atoms with Gasteiger partial charge in [-0.3, -0.25) is 4.79 Å². The van der Waals surface area contributed by atoms with Crippen LogP contribution in [0.15, 0.2) is 34.1 Å². The summed E-state index contributed by atoms with van der Waals surface area (Å²) in [6, 6.07) is 9.07. The lowest BCUT2D eigenvalue weighted by atomic mass is 10.2. The number of thioether (sulfide) groups is 1. The van der Waals surface area contributed by atoms with Crippen LogP contribution in [0, 0.1) is 11.3 Å². The van der Waals surface area contributed by atoms with Crippen LogP contribution in [0.3, 0.4) is 0 Å². The number of methoxy groups -OCH3 is 1. The van der Waals surface area contributed by atoms with E-state index in [2.05, 4.69) is 9.97 Å². The van der Waals surface area contributed by atoms with Gasteiger partial charge in [-0.25, -0.2) is 4.98 Å². The first-order valence-corrected chi connectivity index (χ1v) is 6.65. The predicted molar refractivity (Wildman–Crippen MR) is 73.3 cm³/mol. The van der Waals surface area contributed by atoms with Crippen LogP contribution in [-0.2, 0) is 0 Å². The van der Waals surface area contributed by atoms with Crippen molar-refractivity contribution in [1.82, 2.24) is 9.97 Å². The molecule has 0 unspecified atom stereocenters. The normalized spacial score (nSPS) is 9.95. The van der Waals surface area contributed by atoms with E-state index in [-0.39, 0.29) is 5.56 Å². The molecule has 96 valence electrons. The fraction of sp³-hybridized carbons (Fsp3) is 0.154. The molecule has 2 aromatic rings. The number of nitriles is 1. The first-order valence-electron chi connectivity index (χ1n) is 5.42. The average molecular weight is 273 g/mol. The number of ether oxygens (including phenoxy) is 1. The summed E-state index contributed by atoms with van der Waals surface area (Å²) in [6.07, 6.45) is 1.78. The Labute approximate surface area is 114 Å². The predicted octanol–water partition coefficient (Wildman–Crippen LogP) is 2.04. The molecule has 0 aliphatic rings. The maximum atomic E-state index is 11.8. The molecule has 0 radical (unpaired) electrons. The Morgan fingerprint density at radius 3 is 2.89 bits per heavy atom. The smallest absolute Gasteiger partial charge is 0.270 e. The zero-order valence-corrected chi connectivity index (χ0v) is 11.2. The Hall–Kier alpha value is -2.26. The van der Waals surface area contributed by atoms with Crippen molar-refractivity contribution in [2.45, 2.75) is 5.03 Å². The van der Waals surface area contributed by atoms with Crippen molar-refractivity contribution in [2.24, 2.45) is 0 Å². The lowest BCUT2D eigenvalue weighted by molar-refractivity contribution is 0.415. The molecule has 0 amide bonds. The van der Waals surface area contributed by atoms with E-state index in [1.807, 2.05) is 18.2 Å². The number of aromatic nitrogens is 2. The Balaban J connectivity index is 2.60. The van der Waals surface area contributed by atoms with Crippen LogP contribution >= 0.6 is 11.8 Å². The minimum absolute atomic E-state index is 0.0409. The molecule has 1 N–H and O–H groups in total. The fourth-order valence-electron chi connectivity index (χ4n) is 1.61. The highest BCUT2D eigenvalue weighted by Gasteiger charge is 2.11. The van der Waals surface area contributed by atoms with Crippen molar-refractivity contribution >= 4 is 11.8 Å². The van der Waals surface area contributed by atoms with Gasteiger partial charge < -0.3 is 9.72 Å². The van der Waals surface area contributed by atoms with Crippen LogP contribution in [0.5, 0.6) is 5.75 Å². The number of aromatic amines is 1. The van der Waals surface area contributed by atoms with E-state index >= 15 is 0 Å². The van der Waals surface area contributed by atoms with Gasteiger partial charge in [0.2, 0.25) is 0 Å². The number of nitrogens with one attached hydrogen (secondary N) is 1. The Morgan fingerprint density at radius 1 is 1.47 bits per heavy atom. The molecule has 0 atom stereocenters. The maximum absolute atomic E-state index is 11.8. The number of hydrogen-bond acceptors (Lipinski definition) is 5. The monoisotopic (exact) mass is 273 g/mol. The molecule has 0 fully saturated rings. The summed E-state index contributed by atoms with van der Waals surface area (Å²) in [4.78, 5) is 18.7. The summed E-state index contributed by atoms with van der Waals surface area (Å²) in [6.45, 7) is 0. The Bertz CT molecular complexity index is 704. The summed E-state index contributed by atoms with van der Waals surface area (Å²) in [5, 5.41) is 9.35. The second-order valence-corrected chi connectivity index (χ2v) is 4.44. The van der Waals surface area contributed by atoms with E-state index < -0.39 is 5.56 Å². The van der Waals surface area contributed by atoms with Crippen LogP contribution in [0.25, 0.3) is 11.4 Å². The lowest BCUT2D eigenvalue weighted by Crippen LogP contribution is -2.14. The van der Waals surface area contributed by atoms with E-state index in [0.717, 1.165) is 5.56 Å². The van der Waals surface area contributed by atoms with Crippen LogP contribution in [0.4, 0.5) is 0 Å². The Kier molecular flexibility index (Phi) is 3.88. The molecule has 0 saturated carbocycles. The van der Waals surface area contributed by atoms with Crippen molar-refractivity contribution in [2.75, 3.05) is 13.4 Å².